The molecule has 23 nitrogen and oxygen atoms in total. The summed E-state index contributed by atoms with van der Waals surface area (Å²) >= 11 is 24.3. The van der Waals surface area contributed by atoms with Crippen molar-refractivity contribution in [3.05, 3.63) is 321 Å². The monoisotopic (exact) mass is 1790 g/mol. The van der Waals surface area contributed by atoms with Crippen molar-refractivity contribution in [3.8, 4) is 23.1 Å². The number of hydrogen-bond donors (Lipinski definition) is 6. The largest absolute Gasteiger partial charge is 0.495 e. The predicted octanol–water partition coefficient (Wildman–Crippen LogP) is 27.7. The molecule has 19 rings (SSSR count). The molecule has 0 unspecified atom stereocenters. The van der Waals surface area contributed by atoms with Crippen molar-refractivity contribution in [3.63, 3.8) is 0 Å². The van der Waals surface area contributed by atoms with Gasteiger partial charge in [-0.05, 0) is 195 Å². The first-order valence-electron chi connectivity index (χ1n) is 36.8. The molecule has 0 fully saturated rings. The first-order chi connectivity index (χ1) is 60.2. The van der Waals surface area contributed by atoms with Crippen LogP contribution in [0.5, 0.6) is 23.1 Å². The summed E-state index contributed by atoms with van der Waals surface area (Å²) in [7, 11) is 1.54. The third-order valence-electron chi connectivity index (χ3n) is 17.7. The van der Waals surface area contributed by atoms with Gasteiger partial charge >= 0.3 is 12.0 Å². The maximum Gasteiger partial charge on any atom is 0.463 e. The quantitative estimate of drug-likeness (QED) is 0.0435. The summed E-state index contributed by atoms with van der Waals surface area (Å²) in [6, 6.07) is 64.2. The van der Waals surface area contributed by atoms with Crippen LogP contribution in [-0.4, -0.2) is 60.0 Å². The highest BCUT2D eigenvalue weighted by molar-refractivity contribution is 6.33. The first kappa shape index (κ1) is 86.6. The van der Waals surface area contributed by atoms with Crippen LogP contribution in [0.15, 0.2) is 282 Å². The molecule has 0 amide bonds. The number of alkyl halides is 4. The normalized spacial score (nSPS) is 11.1. The molecule has 6 N–H and O–H groups in total. The Balaban J connectivity index is 0.000000122. The molecule has 11 aromatic carbocycles. The molecule has 0 aliphatic carbocycles. The van der Waals surface area contributed by atoms with E-state index in [1.165, 1.54) is 60.7 Å². The van der Waals surface area contributed by atoms with Gasteiger partial charge < -0.3 is 73.2 Å². The second kappa shape index (κ2) is 38.5. The van der Waals surface area contributed by atoms with Crippen molar-refractivity contribution in [2.45, 2.75) is 32.8 Å². The molecular weight excluding hydrogens is 1730 g/mol. The summed E-state index contributed by atoms with van der Waals surface area (Å²) in [5, 5.41) is 45.5. The minimum absolute atomic E-state index is 0.0607. The number of benzene rings is 11. The van der Waals surface area contributed by atoms with E-state index in [1.807, 2.05) is 50.2 Å². The van der Waals surface area contributed by atoms with E-state index in [2.05, 4.69) is 77.5 Å². The van der Waals surface area contributed by atoms with Crippen LogP contribution < -0.4 is 46.1 Å². The van der Waals surface area contributed by atoms with Gasteiger partial charge in [0, 0.05) is 75.6 Å². The molecule has 0 atom stereocenters. The zero-order valence-electron chi connectivity index (χ0n) is 64.8. The summed E-state index contributed by atoms with van der Waals surface area (Å²) in [6.45, 7) is 3.95. The Morgan fingerprint density at radius 3 is 1.17 bits per heavy atom. The van der Waals surface area contributed by atoms with Crippen LogP contribution in [0.2, 0.25) is 20.1 Å². The number of nitrogens with zero attached hydrogens (tertiary/aromatic N) is 8. The van der Waals surface area contributed by atoms with Crippen molar-refractivity contribution >= 4 is 181 Å². The number of para-hydroxylation sites is 5. The summed E-state index contributed by atoms with van der Waals surface area (Å²) in [4.78, 5) is 8.46. The van der Waals surface area contributed by atoms with Gasteiger partial charge in [0.15, 0.2) is 75.1 Å². The van der Waals surface area contributed by atoms with E-state index in [9.17, 15) is 43.9 Å². The van der Waals surface area contributed by atoms with E-state index in [-0.39, 0.29) is 52.2 Å². The lowest BCUT2D eigenvalue weighted by Gasteiger charge is -2.23. The standard InChI is InChI=1S/C18H13ClN4O2.C16H11F5N2O2.C14H10ClFN2O2.C14H10ClFN2O.C13H8ClFN2O.C13H8F2N2O/c1-11-4-7-16(21-10-11)24-14-6-5-12(9-13(14)19)22-18-17-15(25-23-18)3-2-8-20-17;1-15(18,19)16(20,21)24-10-5-2-4-9(8-10)22-14-11-6-3-7-12(17)13(11)25-23-14;1-19-12-6-5-8(7-10(12)15)17-14-9-3-2-4-11(16)13(9)20-18-14;1-8-5-6-9(7-11(8)15)17-14-10-3-2-4-12(16)13(10)19-18-14;2*14-8-3-1-4-9(7-8)16-13-10-5-2-6-11(15)12(10)18-17-13/h2-10H,1H3,(H,22,23);2-8H,1H3,(H,22,23);2-7H,1H3,(H,17,18);2-7H,1H3,(H,17,18);2*1-7H,(H,16,17). The molecule has 0 aliphatic rings. The topological polar surface area (TPSA) is 282 Å². The van der Waals surface area contributed by atoms with E-state index >= 15 is 0 Å². The van der Waals surface area contributed by atoms with Gasteiger partial charge in [0.25, 0.3) is 0 Å². The Labute approximate surface area is 719 Å². The predicted molar refractivity (Wildman–Crippen MR) is 457 cm³/mol. The van der Waals surface area contributed by atoms with E-state index in [0.29, 0.717) is 116 Å². The van der Waals surface area contributed by atoms with Crippen LogP contribution in [0.3, 0.4) is 0 Å². The van der Waals surface area contributed by atoms with Crippen LogP contribution in [-0.2, 0) is 0 Å². The lowest BCUT2D eigenvalue weighted by atomic mass is 10.2. The highest BCUT2D eigenvalue weighted by Crippen LogP contribution is 2.40. The van der Waals surface area contributed by atoms with Gasteiger partial charge in [0.1, 0.15) is 23.1 Å². The van der Waals surface area contributed by atoms with Crippen LogP contribution in [0.1, 0.15) is 18.1 Å². The maximum atomic E-state index is 13.6. The van der Waals surface area contributed by atoms with Gasteiger partial charge in [-0.3, -0.25) is 0 Å². The number of nitrogens with one attached hydrogen (secondary N) is 6. The Bertz CT molecular complexity index is 6900. The minimum Gasteiger partial charge on any atom is -0.495 e. The Morgan fingerprint density at radius 1 is 0.360 bits per heavy atom. The lowest BCUT2D eigenvalue weighted by Crippen LogP contribution is -2.42. The third-order valence-corrected chi connectivity index (χ3v) is 18.9. The highest BCUT2D eigenvalue weighted by atomic mass is 35.5. The molecule has 125 heavy (non-hydrogen) atoms. The summed E-state index contributed by atoms with van der Waals surface area (Å²) in [5.74, 6) is -3.62. The van der Waals surface area contributed by atoms with Gasteiger partial charge in [0.05, 0.1) is 44.1 Å². The number of pyridine rings is 2. The zero-order chi connectivity index (χ0) is 88.1. The molecule has 0 aliphatic heterocycles. The molecule has 0 saturated carbocycles. The van der Waals surface area contributed by atoms with Crippen LogP contribution in [0.25, 0.3) is 65.9 Å². The molecule has 634 valence electrons. The summed E-state index contributed by atoms with van der Waals surface area (Å²) in [5.41, 5.74) is 7.45. The molecule has 0 bridgehead atoms. The Morgan fingerprint density at radius 2 is 0.752 bits per heavy atom. The SMILES string of the molecule is CC(F)(F)C(F)(F)Oc1cccc(Nc2noc3c(F)cccc23)c1.COc1ccc(Nc2noc3c(F)cccc23)cc1Cl.Cc1ccc(Nc2noc3c(F)cccc23)cc1Cl.Cc1ccc(Oc2ccc(Nc3noc4cccnc34)cc2Cl)nc1.Fc1cccc(Nc2noc3c(F)cccc23)c1.Fc1cccc2c(Nc3cccc(Cl)c3)noc12. The van der Waals surface area contributed by atoms with E-state index in [0.717, 1.165) is 40.3 Å². The van der Waals surface area contributed by atoms with Crippen molar-refractivity contribution in [1.82, 2.24) is 40.9 Å². The fraction of sp³-hybridized carbons (Fsp3) is 0.0682. The molecule has 19 aromatic rings. The molecule has 0 radical (unpaired) electrons. The molecule has 37 heteroatoms. The number of halogens is 14. The number of ether oxygens (including phenoxy) is 3. The van der Waals surface area contributed by atoms with Crippen molar-refractivity contribution in [2.24, 2.45) is 0 Å². The van der Waals surface area contributed by atoms with E-state index in [1.54, 1.807) is 153 Å². The first-order valence-corrected chi connectivity index (χ1v) is 38.3. The van der Waals surface area contributed by atoms with Crippen molar-refractivity contribution in [2.75, 3.05) is 39.0 Å². The van der Waals surface area contributed by atoms with Crippen LogP contribution in [0, 0.1) is 48.8 Å². The number of hydrogen-bond acceptors (Lipinski definition) is 23. The number of rotatable bonds is 18. The second-order valence-electron chi connectivity index (χ2n) is 26.7. The van der Waals surface area contributed by atoms with Crippen LogP contribution >= 0.6 is 46.4 Å². The van der Waals surface area contributed by atoms with Crippen molar-refractivity contribution in [1.29, 1.82) is 0 Å². The number of aromatic nitrogens is 8. The average molecular weight is 1790 g/mol. The summed E-state index contributed by atoms with van der Waals surface area (Å²) in [6.07, 6.45) is -1.25. The molecule has 0 saturated heterocycles. The van der Waals surface area contributed by atoms with Gasteiger partial charge in [-0.2, -0.15) is 17.6 Å². The molecule has 8 aromatic heterocycles. The lowest BCUT2D eigenvalue weighted by molar-refractivity contribution is -0.301. The van der Waals surface area contributed by atoms with E-state index in [4.69, 9.17) is 83.0 Å². The van der Waals surface area contributed by atoms with Gasteiger partial charge in [-0.25, -0.2) is 36.3 Å². The Kier molecular flexibility index (Phi) is 26.7. The Hall–Kier alpha value is -14.8. The van der Waals surface area contributed by atoms with Gasteiger partial charge in [0.2, 0.25) is 33.8 Å². The van der Waals surface area contributed by atoms with Crippen molar-refractivity contribution < 1.29 is 85.3 Å². The van der Waals surface area contributed by atoms with E-state index < -0.39 is 46.9 Å². The number of fused-ring (bicyclic) bond motifs is 6. The zero-order valence-corrected chi connectivity index (χ0v) is 67.8. The summed E-state index contributed by atoms with van der Waals surface area (Å²) < 4.78 is 178. The molecular formula is C88H60Cl4F10N14O9. The smallest absolute Gasteiger partial charge is 0.463 e. The fourth-order valence-electron chi connectivity index (χ4n) is 11.5. The average Bonchev–Trinajstić information content (AvgIpc) is 1.71. The third kappa shape index (κ3) is 21.2. The number of methoxy groups -OCH3 is 1. The fourth-order valence-corrected chi connectivity index (χ4v) is 12.3. The van der Waals surface area contributed by atoms with Gasteiger partial charge in [-0.1, -0.05) is 138 Å². The molecule has 0 spiro atoms. The van der Waals surface area contributed by atoms with Gasteiger partial charge in [-0.15, -0.1) is 0 Å². The number of anilines is 12. The van der Waals surface area contributed by atoms with Crippen LogP contribution in [0.4, 0.5) is 113 Å². The minimum atomic E-state index is -4.67. The molecule has 8 heterocycles. The maximum absolute atomic E-state index is 13.6. The highest BCUT2D eigenvalue weighted by Gasteiger charge is 2.55. The second-order valence-corrected chi connectivity index (χ2v) is 28.3. The number of aryl methyl sites for hydroxylation is 2.